The third-order valence-electron chi connectivity index (χ3n) is 3.04. The molecule has 0 fully saturated rings. The fourth-order valence-electron chi connectivity index (χ4n) is 2.04. The van der Waals surface area contributed by atoms with Gasteiger partial charge in [0.05, 0.1) is 5.69 Å². The largest absolute Gasteiger partial charge is 0.318 e. The average molecular weight is 266 g/mol. The SMILES string of the molecule is CC.Cn1ccc2cc(-c3ccccn3)ccc2c1=O. The highest BCUT2D eigenvalue weighted by molar-refractivity contribution is 5.85. The Morgan fingerprint density at radius 2 is 1.85 bits per heavy atom. The van der Waals surface area contributed by atoms with E-state index in [1.54, 1.807) is 24.0 Å². The summed E-state index contributed by atoms with van der Waals surface area (Å²) in [6.45, 7) is 4.00. The number of nitrogens with zero attached hydrogens (tertiary/aromatic N) is 2. The van der Waals surface area contributed by atoms with E-state index in [0.717, 1.165) is 22.0 Å². The molecule has 0 saturated carbocycles. The fourth-order valence-corrected chi connectivity index (χ4v) is 2.04. The maximum atomic E-state index is 11.9. The van der Waals surface area contributed by atoms with Gasteiger partial charge in [-0.15, -0.1) is 0 Å². The summed E-state index contributed by atoms with van der Waals surface area (Å²) in [7, 11) is 1.76. The summed E-state index contributed by atoms with van der Waals surface area (Å²) in [4.78, 5) is 16.2. The molecule has 0 aliphatic carbocycles. The van der Waals surface area contributed by atoms with Gasteiger partial charge in [-0.1, -0.05) is 26.0 Å². The molecule has 0 aliphatic rings. The smallest absolute Gasteiger partial charge is 0.258 e. The molecule has 0 saturated heterocycles. The van der Waals surface area contributed by atoms with E-state index in [9.17, 15) is 4.79 Å². The Hall–Kier alpha value is -2.42. The van der Waals surface area contributed by atoms with Crippen molar-refractivity contribution in [1.29, 1.82) is 0 Å². The lowest BCUT2D eigenvalue weighted by Gasteiger charge is -2.04. The van der Waals surface area contributed by atoms with Crippen molar-refractivity contribution in [3.63, 3.8) is 0 Å². The van der Waals surface area contributed by atoms with Gasteiger partial charge in [-0.25, -0.2) is 0 Å². The number of aryl methyl sites for hydroxylation is 1. The van der Waals surface area contributed by atoms with Gasteiger partial charge in [0.15, 0.2) is 0 Å². The van der Waals surface area contributed by atoms with Gasteiger partial charge in [0.2, 0.25) is 0 Å². The van der Waals surface area contributed by atoms with Crippen molar-refractivity contribution in [3.05, 3.63) is 65.2 Å². The van der Waals surface area contributed by atoms with Gasteiger partial charge < -0.3 is 4.57 Å². The minimum atomic E-state index is 0.0278. The quantitative estimate of drug-likeness (QED) is 0.674. The maximum Gasteiger partial charge on any atom is 0.258 e. The zero-order valence-electron chi connectivity index (χ0n) is 12.0. The Balaban J connectivity index is 0.000000704. The number of hydrogen-bond acceptors (Lipinski definition) is 2. The van der Waals surface area contributed by atoms with Crippen LogP contribution in [0, 0.1) is 0 Å². The first-order valence-electron chi connectivity index (χ1n) is 6.76. The normalized spacial score (nSPS) is 9.95. The molecule has 0 N–H and O–H groups in total. The van der Waals surface area contributed by atoms with Crippen LogP contribution in [-0.2, 0) is 7.05 Å². The van der Waals surface area contributed by atoms with Crippen LogP contribution >= 0.6 is 0 Å². The number of rotatable bonds is 1. The second-order valence-electron chi connectivity index (χ2n) is 4.25. The zero-order valence-corrected chi connectivity index (χ0v) is 12.0. The molecular weight excluding hydrogens is 248 g/mol. The maximum absolute atomic E-state index is 11.9. The van der Waals surface area contributed by atoms with Crippen molar-refractivity contribution in [2.24, 2.45) is 7.05 Å². The predicted octanol–water partition coefficient (Wildman–Crippen LogP) is 3.63. The number of benzene rings is 1. The molecule has 0 aliphatic heterocycles. The molecule has 0 unspecified atom stereocenters. The summed E-state index contributed by atoms with van der Waals surface area (Å²) in [5.41, 5.74) is 1.97. The summed E-state index contributed by atoms with van der Waals surface area (Å²) in [5, 5.41) is 1.68. The summed E-state index contributed by atoms with van der Waals surface area (Å²) in [5.74, 6) is 0. The molecule has 2 aromatic heterocycles. The Morgan fingerprint density at radius 3 is 2.55 bits per heavy atom. The molecule has 0 radical (unpaired) electrons. The topological polar surface area (TPSA) is 34.9 Å². The predicted molar refractivity (Wildman–Crippen MR) is 83.8 cm³/mol. The van der Waals surface area contributed by atoms with Crippen LogP contribution < -0.4 is 5.56 Å². The minimum Gasteiger partial charge on any atom is -0.318 e. The monoisotopic (exact) mass is 266 g/mol. The summed E-state index contributed by atoms with van der Waals surface area (Å²) in [6.07, 6.45) is 3.55. The van der Waals surface area contributed by atoms with Gasteiger partial charge in [0.1, 0.15) is 0 Å². The second-order valence-corrected chi connectivity index (χ2v) is 4.25. The first-order valence-corrected chi connectivity index (χ1v) is 6.76. The van der Waals surface area contributed by atoms with E-state index in [4.69, 9.17) is 0 Å². The standard InChI is InChI=1S/C15H12N2O.C2H6/c1-17-9-7-11-10-12(5-6-13(11)15(17)18)14-4-2-3-8-16-14;1-2/h2-10H,1H3;1-2H3. The molecule has 3 nitrogen and oxygen atoms in total. The van der Waals surface area contributed by atoms with Crippen LogP contribution in [0.4, 0.5) is 0 Å². The molecule has 1 aromatic carbocycles. The number of hydrogen-bond donors (Lipinski definition) is 0. The van der Waals surface area contributed by atoms with Crippen LogP contribution in [0.15, 0.2) is 59.7 Å². The van der Waals surface area contributed by atoms with Crippen LogP contribution in [0.2, 0.25) is 0 Å². The lowest BCUT2D eigenvalue weighted by molar-refractivity contribution is 0.873. The molecular formula is C17H18N2O. The highest BCUT2D eigenvalue weighted by atomic mass is 16.1. The molecule has 20 heavy (non-hydrogen) atoms. The van der Waals surface area contributed by atoms with E-state index >= 15 is 0 Å². The molecule has 0 spiro atoms. The zero-order chi connectivity index (χ0) is 14.5. The van der Waals surface area contributed by atoms with Crippen LogP contribution in [-0.4, -0.2) is 9.55 Å². The van der Waals surface area contributed by atoms with E-state index < -0.39 is 0 Å². The second kappa shape index (κ2) is 6.15. The van der Waals surface area contributed by atoms with Crippen molar-refractivity contribution >= 4 is 10.8 Å². The Kier molecular flexibility index (Phi) is 4.31. The molecule has 3 heteroatoms. The third-order valence-corrected chi connectivity index (χ3v) is 3.04. The molecule has 3 aromatic rings. The summed E-state index contributed by atoms with van der Waals surface area (Å²) < 4.78 is 1.59. The van der Waals surface area contributed by atoms with Crippen LogP contribution in [0.5, 0.6) is 0 Å². The van der Waals surface area contributed by atoms with Gasteiger partial charge in [-0.3, -0.25) is 9.78 Å². The third kappa shape index (κ3) is 2.62. The van der Waals surface area contributed by atoms with Crippen LogP contribution in [0.25, 0.3) is 22.0 Å². The molecule has 102 valence electrons. The van der Waals surface area contributed by atoms with Gasteiger partial charge in [-0.05, 0) is 35.7 Å². The van der Waals surface area contributed by atoms with Crippen molar-refractivity contribution < 1.29 is 0 Å². The van der Waals surface area contributed by atoms with E-state index in [1.807, 2.05) is 56.3 Å². The average Bonchev–Trinajstić information content (AvgIpc) is 2.53. The van der Waals surface area contributed by atoms with Gasteiger partial charge in [-0.2, -0.15) is 0 Å². The minimum absolute atomic E-state index is 0.0278. The number of pyridine rings is 2. The summed E-state index contributed by atoms with van der Waals surface area (Å²) >= 11 is 0. The van der Waals surface area contributed by atoms with E-state index in [1.165, 1.54) is 0 Å². The van der Waals surface area contributed by atoms with Crippen molar-refractivity contribution in [3.8, 4) is 11.3 Å². The summed E-state index contributed by atoms with van der Waals surface area (Å²) in [6, 6.07) is 13.6. The van der Waals surface area contributed by atoms with E-state index in [2.05, 4.69) is 4.98 Å². The number of aromatic nitrogens is 2. The highest BCUT2D eigenvalue weighted by Gasteiger charge is 2.03. The lowest BCUT2D eigenvalue weighted by Crippen LogP contribution is -2.15. The Morgan fingerprint density at radius 1 is 1.05 bits per heavy atom. The van der Waals surface area contributed by atoms with E-state index in [0.29, 0.717) is 0 Å². The Bertz CT molecular complexity index is 761. The van der Waals surface area contributed by atoms with Gasteiger partial charge in [0, 0.05) is 30.4 Å². The van der Waals surface area contributed by atoms with Crippen molar-refractivity contribution in [2.75, 3.05) is 0 Å². The molecule has 0 atom stereocenters. The van der Waals surface area contributed by atoms with Gasteiger partial charge in [0.25, 0.3) is 5.56 Å². The first kappa shape index (κ1) is 14.0. The molecule has 2 heterocycles. The van der Waals surface area contributed by atoms with Crippen LogP contribution in [0.3, 0.4) is 0 Å². The fraction of sp³-hybridized carbons (Fsp3) is 0.176. The lowest BCUT2D eigenvalue weighted by atomic mass is 10.1. The number of fused-ring (bicyclic) bond motifs is 1. The Labute approximate surface area is 118 Å². The molecule has 0 bridgehead atoms. The van der Waals surface area contributed by atoms with E-state index in [-0.39, 0.29) is 5.56 Å². The van der Waals surface area contributed by atoms with Crippen molar-refractivity contribution in [2.45, 2.75) is 13.8 Å². The molecule has 0 amide bonds. The first-order chi connectivity index (χ1) is 9.75. The highest BCUT2D eigenvalue weighted by Crippen LogP contribution is 2.20. The van der Waals surface area contributed by atoms with Gasteiger partial charge >= 0.3 is 0 Å². The van der Waals surface area contributed by atoms with Crippen LogP contribution in [0.1, 0.15) is 13.8 Å². The van der Waals surface area contributed by atoms with Crippen molar-refractivity contribution in [1.82, 2.24) is 9.55 Å². The molecule has 3 rings (SSSR count).